The fraction of sp³-hybridized carbons (Fsp3) is 0.333. The number of hydrazone groups is 2. The summed E-state index contributed by atoms with van der Waals surface area (Å²) in [6, 6.07) is 24.4. The summed E-state index contributed by atoms with van der Waals surface area (Å²) in [6.07, 6.45) is 1.68. The number of carbonyl (C=O) groups is 2. The van der Waals surface area contributed by atoms with Gasteiger partial charge in [0.05, 0.1) is 36.4 Å². The van der Waals surface area contributed by atoms with Gasteiger partial charge in [0, 0.05) is 23.4 Å². The summed E-state index contributed by atoms with van der Waals surface area (Å²) in [5, 5.41) is 12.3. The van der Waals surface area contributed by atoms with Gasteiger partial charge < -0.3 is 9.47 Å². The van der Waals surface area contributed by atoms with Crippen molar-refractivity contribution in [3.05, 3.63) is 84.4 Å². The zero-order valence-electron chi connectivity index (χ0n) is 24.0. The van der Waals surface area contributed by atoms with Crippen molar-refractivity contribution in [2.75, 3.05) is 23.2 Å². The molecular weight excluding hydrogens is 516 g/mol. The molecule has 3 aromatic rings. The third-order valence-corrected chi connectivity index (χ3v) is 7.36. The number of para-hydroxylation sites is 2. The van der Waals surface area contributed by atoms with Gasteiger partial charge in [0.15, 0.2) is 0 Å². The number of anilines is 2. The fourth-order valence-corrected chi connectivity index (χ4v) is 5.48. The van der Waals surface area contributed by atoms with Crippen LogP contribution >= 0.6 is 0 Å². The summed E-state index contributed by atoms with van der Waals surface area (Å²) in [4.78, 5) is 28.3. The number of carbonyl (C=O) groups excluding carboxylic acids is 2. The number of amides is 2. The Morgan fingerprint density at radius 3 is 1.68 bits per heavy atom. The lowest BCUT2D eigenvalue weighted by Gasteiger charge is -2.30. The van der Waals surface area contributed by atoms with Gasteiger partial charge in [-0.05, 0) is 62.6 Å². The molecule has 2 unspecified atom stereocenters. The van der Waals surface area contributed by atoms with E-state index in [-0.39, 0.29) is 11.8 Å². The third-order valence-electron chi connectivity index (χ3n) is 7.36. The molecule has 212 valence electrons. The molecule has 2 amide bonds. The molecule has 0 N–H and O–H groups in total. The lowest BCUT2D eigenvalue weighted by Crippen LogP contribution is -2.40. The van der Waals surface area contributed by atoms with Gasteiger partial charge in [-0.15, -0.1) is 0 Å². The van der Waals surface area contributed by atoms with Crippen molar-refractivity contribution in [2.45, 2.75) is 46.5 Å². The van der Waals surface area contributed by atoms with Gasteiger partial charge >= 0.3 is 0 Å². The van der Waals surface area contributed by atoms with Gasteiger partial charge in [-0.2, -0.15) is 10.2 Å². The van der Waals surface area contributed by atoms with E-state index >= 15 is 0 Å². The van der Waals surface area contributed by atoms with Gasteiger partial charge in [0.2, 0.25) is 0 Å². The molecule has 0 saturated carbocycles. The largest absolute Gasteiger partial charge is 0.493 e. The average Bonchev–Trinajstić information content (AvgIpc) is 3.46. The van der Waals surface area contributed by atoms with Gasteiger partial charge in [0.25, 0.3) is 11.8 Å². The molecular formula is C33H36N4O4. The highest BCUT2D eigenvalue weighted by Gasteiger charge is 2.51. The minimum Gasteiger partial charge on any atom is -0.493 e. The van der Waals surface area contributed by atoms with E-state index in [1.54, 1.807) is 0 Å². The van der Waals surface area contributed by atoms with Crippen LogP contribution in [-0.4, -0.2) is 36.5 Å². The summed E-state index contributed by atoms with van der Waals surface area (Å²) in [5.74, 6) is -1.09. The van der Waals surface area contributed by atoms with Crippen LogP contribution < -0.4 is 19.5 Å². The van der Waals surface area contributed by atoms with Gasteiger partial charge in [-0.1, -0.05) is 56.3 Å². The number of rotatable bonds is 11. The lowest BCUT2D eigenvalue weighted by molar-refractivity contribution is -0.122. The van der Waals surface area contributed by atoms with E-state index in [0.29, 0.717) is 47.5 Å². The minimum absolute atomic E-state index is 0.190. The van der Waals surface area contributed by atoms with E-state index in [0.717, 1.165) is 18.4 Å². The molecule has 5 rings (SSSR count). The van der Waals surface area contributed by atoms with Gasteiger partial charge in [0.1, 0.15) is 11.5 Å². The standard InChI is InChI=1S/C33H36N4O4/c1-5-19-40-26-17-18-27(28(21-26)41-20-6-2)31(29-22(3)34-36(32(29)38)24-13-9-7-10-14-24)30-23(4)35-37(33(30)39)25-15-11-8-12-16-25/h7-18,21,29-31H,5-6,19-20H2,1-4H3. The van der Waals surface area contributed by atoms with Crippen molar-refractivity contribution in [2.24, 2.45) is 22.0 Å². The maximum absolute atomic E-state index is 14.2. The van der Waals surface area contributed by atoms with E-state index in [9.17, 15) is 9.59 Å². The molecule has 0 fully saturated rings. The first-order chi connectivity index (χ1) is 19.9. The normalized spacial score (nSPS) is 19.3. The molecule has 0 radical (unpaired) electrons. The zero-order valence-corrected chi connectivity index (χ0v) is 24.0. The van der Waals surface area contributed by atoms with Crippen LogP contribution in [0.15, 0.2) is 89.1 Å². The van der Waals surface area contributed by atoms with Crippen molar-refractivity contribution >= 4 is 34.6 Å². The van der Waals surface area contributed by atoms with Crippen molar-refractivity contribution in [3.63, 3.8) is 0 Å². The van der Waals surface area contributed by atoms with Crippen molar-refractivity contribution < 1.29 is 19.1 Å². The van der Waals surface area contributed by atoms with E-state index in [4.69, 9.17) is 9.47 Å². The summed E-state index contributed by atoms with van der Waals surface area (Å²) < 4.78 is 12.2. The Morgan fingerprint density at radius 1 is 0.707 bits per heavy atom. The Balaban J connectivity index is 1.62. The number of nitrogens with zero attached hydrogens (tertiary/aromatic N) is 4. The molecule has 0 aliphatic carbocycles. The maximum Gasteiger partial charge on any atom is 0.256 e. The second-order valence-electron chi connectivity index (χ2n) is 10.3. The quantitative estimate of drug-likeness (QED) is 0.275. The summed E-state index contributed by atoms with van der Waals surface area (Å²) in [5.41, 5.74) is 3.38. The van der Waals surface area contributed by atoms with Crippen LogP contribution in [0.5, 0.6) is 11.5 Å². The van der Waals surface area contributed by atoms with Gasteiger partial charge in [-0.25, -0.2) is 10.0 Å². The molecule has 2 aliphatic rings. The van der Waals surface area contributed by atoms with Crippen LogP contribution in [0.4, 0.5) is 11.4 Å². The van der Waals surface area contributed by atoms with E-state index in [2.05, 4.69) is 17.1 Å². The minimum atomic E-state index is -0.698. The molecule has 0 aromatic heterocycles. The Kier molecular flexibility index (Phi) is 8.47. The van der Waals surface area contributed by atoms with Crippen LogP contribution in [0.2, 0.25) is 0 Å². The molecule has 0 saturated heterocycles. The summed E-state index contributed by atoms with van der Waals surface area (Å²) >= 11 is 0. The molecule has 2 aliphatic heterocycles. The molecule has 2 atom stereocenters. The Labute approximate surface area is 241 Å². The molecule has 8 heteroatoms. The molecule has 8 nitrogen and oxygen atoms in total. The highest BCUT2D eigenvalue weighted by molar-refractivity contribution is 6.19. The van der Waals surface area contributed by atoms with Crippen LogP contribution in [0.3, 0.4) is 0 Å². The highest BCUT2D eigenvalue weighted by atomic mass is 16.5. The molecule has 41 heavy (non-hydrogen) atoms. The smallest absolute Gasteiger partial charge is 0.256 e. The topological polar surface area (TPSA) is 83.8 Å². The number of ether oxygens (including phenoxy) is 2. The van der Waals surface area contributed by atoms with Crippen LogP contribution in [0, 0.1) is 11.8 Å². The van der Waals surface area contributed by atoms with Gasteiger partial charge in [-0.3, -0.25) is 9.59 Å². The van der Waals surface area contributed by atoms with Crippen molar-refractivity contribution in [3.8, 4) is 11.5 Å². The number of hydrogen-bond acceptors (Lipinski definition) is 6. The molecule has 0 bridgehead atoms. The van der Waals surface area contributed by atoms with Crippen molar-refractivity contribution in [1.29, 1.82) is 0 Å². The Bertz CT molecular complexity index is 1380. The van der Waals surface area contributed by atoms with Crippen LogP contribution in [0.1, 0.15) is 52.0 Å². The maximum atomic E-state index is 14.2. The van der Waals surface area contributed by atoms with Crippen molar-refractivity contribution in [1.82, 2.24) is 0 Å². The lowest BCUT2D eigenvalue weighted by atomic mass is 9.72. The predicted octanol–water partition coefficient (Wildman–Crippen LogP) is 6.43. The molecule has 3 aromatic carbocycles. The highest BCUT2D eigenvalue weighted by Crippen LogP contribution is 2.46. The fourth-order valence-electron chi connectivity index (χ4n) is 5.48. The van der Waals surface area contributed by atoms with E-state index < -0.39 is 17.8 Å². The third kappa shape index (κ3) is 5.59. The first kappa shape index (κ1) is 28.1. The molecule has 2 heterocycles. The first-order valence-electron chi connectivity index (χ1n) is 14.2. The molecule has 0 spiro atoms. The average molecular weight is 553 g/mol. The second-order valence-corrected chi connectivity index (χ2v) is 10.3. The number of benzene rings is 3. The SMILES string of the molecule is CCCOc1ccc(C(C2C(=O)N(c3ccccc3)N=C2C)C2C(=O)N(c3ccccc3)N=C2C)c(OCCC)c1. The van der Waals surface area contributed by atoms with Crippen LogP contribution in [-0.2, 0) is 9.59 Å². The first-order valence-corrected chi connectivity index (χ1v) is 14.2. The Morgan fingerprint density at radius 2 is 1.20 bits per heavy atom. The summed E-state index contributed by atoms with van der Waals surface area (Å²) in [6.45, 7) is 8.86. The number of hydrogen-bond donors (Lipinski definition) is 0. The van der Waals surface area contributed by atoms with E-state index in [1.165, 1.54) is 10.0 Å². The van der Waals surface area contributed by atoms with Crippen LogP contribution in [0.25, 0.3) is 0 Å². The zero-order chi connectivity index (χ0) is 28.9. The Hall–Kier alpha value is -4.46. The predicted molar refractivity (Wildman–Crippen MR) is 162 cm³/mol. The van der Waals surface area contributed by atoms with E-state index in [1.807, 2.05) is 99.6 Å². The summed E-state index contributed by atoms with van der Waals surface area (Å²) in [7, 11) is 0. The second kappa shape index (κ2) is 12.4. The monoisotopic (exact) mass is 552 g/mol.